The third-order valence-electron chi connectivity index (χ3n) is 6.32. The van der Waals surface area contributed by atoms with Gasteiger partial charge in [0.1, 0.15) is 0 Å². The summed E-state index contributed by atoms with van der Waals surface area (Å²) in [5, 5.41) is 9.00. The molecule has 31 heavy (non-hydrogen) atoms. The molecule has 1 amide bonds. The smallest absolute Gasteiger partial charge is 0.256 e. The molecule has 1 aliphatic carbocycles. The third kappa shape index (κ3) is 3.32. The molecule has 2 aromatic heterocycles. The topological polar surface area (TPSA) is 82.4 Å². The quantitative estimate of drug-likeness (QED) is 0.644. The van der Waals surface area contributed by atoms with Crippen LogP contribution in [0.2, 0.25) is 0 Å². The lowest BCUT2D eigenvalue weighted by molar-refractivity contribution is 0.0420. The Balaban J connectivity index is 1.55. The van der Waals surface area contributed by atoms with Gasteiger partial charge in [-0.1, -0.05) is 12.8 Å². The van der Waals surface area contributed by atoms with Crippen LogP contribution in [-0.2, 0) is 6.54 Å². The van der Waals surface area contributed by atoms with Crippen molar-refractivity contribution in [1.29, 1.82) is 0 Å². The van der Waals surface area contributed by atoms with E-state index in [2.05, 4.69) is 19.7 Å². The Labute approximate surface area is 180 Å². The normalized spacial score (nSPS) is 20.0. The van der Waals surface area contributed by atoms with Crippen molar-refractivity contribution in [2.24, 2.45) is 0 Å². The molecule has 3 heterocycles. The van der Waals surface area contributed by atoms with Crippen LogP contribution in [0.1, 0.15) is 47.9 Å². The van der Waals surface area contributed by atoms with Crippen LogP contribution in [0.5, 0.6) is 11.5 Å². The maximum Gasteiger partial charge on any atom is 0.256 e. The van der Waals surface area contributed by atoms with Gasteiger partial charge in [-0.05, 0) is 43.2 Å². The zero-order valence-corrected chi connectivity index (χ0v) is 17.7. The van der Waals surface area contributed by atoms with E-state index in [0.717, 1.165) is 42.9 Å². The number of ether oxygens (including phenoxy) is 2. The predicted octanol–water partition coefficient (Wildman–Crippen LogP) is 3.50. The average Bonchev–Trinajstić information content (AvgIpc) is 3.27. The van der Waals surface area contributed by atoms with Gasteiger partial charge in [0.25, 0.3) is 5.91 Å². The molecular weight excluding hydrogens is 394 g/mol. The van der Waals surface area contributed by atoms with Crippen molar-refractivity contribution in [2.75, 3.05) is 14.2 Å². The number of hydrogen-bond donors (Lipinski definition) is 0. The zero-order chi connectivity index (χ0) is 21.4. The number of benzene rings is 1. The van der Waals surface area contributed by atoms with Gasteiger partial charge in [0.15, 0.2) is 23.1 Å². The molecule has 1 saturated carbocycles. The van der Waals surface area contributed by atoms with Gasteiger partial charge in [-0.3, -0.25) is 9.78 Å². The zero-order valence-electron chi connectivity index (χ0n) is 17.7. The summed E-state index contributed by atoms with van der Waals surface area (Å²) in [5.41, 5.74) is 1.53. The molecule has 0 spiro atoms. The highest BCUT2D eigenvalue weighted by atomic mass is 16.5. The van der Waals surface area contributed by atoms with Gasteiger partial charge in [-0.2, -0.15) is 0 Å². The Kier molecular flexibility index (Phi) is 5.05. The lowest BCUT2D eigenvalue weighted by atomic mass is 9.86. The van der Waals surface area contributed by atoms with Crippen molar-refractivity contribution in [3.63, 3.8) is 0 Å². The summed E-state index contributed by atoms with van der Waals surface area (Å²) in [6.07, 6.45) is 7.52. The van der Waals surface area contributed by atoms with E-state index in [4.69, 9.17) is 9.47 Å². The van der Waals surface area contributed by atoms with Gasteiger partial charge in [0, 0.05) is 18.0 Å². The molecule has 0 saturated heterocycles. The number of carbonyl (C=O) groups excluding carboxylic acids is 1. The first-order chi connectivity index (χ1) is 15.2. The maximum atomic E-state index is 13.3. The van der Waals surface area contributed by atoms with E-state index in [9.17, 15) is 4.79 Å². The molecule has 5 rings (SSSR count). The summed E-state index contributed by atoms with van der Waals surface area (Å²) in [6, 6.07) is 9.68. The summed E-state index contributed by atoms with van der Waals surface area (Å²) in [5.74, 6) is 2.95. The van der Waals surface area contributed by atoms with Crippen molar-refractivity contribution in [3.8, 4) is 22.9 Å². The van der Waals surface area contributed by atoms with Gasteiger partial charge in [0.2, 0.25) is 0 Å². The maximum absolute atomic E-state index is 13.3. The number of carbonyl (C=O) groups is 1. The summed E-state index contributed by atoms with van der Waals surface area (Å²) < 4.78 is 13.1. The molecule has 0 bridgehead atoms. The number of aromatic nitrogens is 4. The van der Waals surface area contributed by atoms with Crippen LogP contribution < -0.4 is 9.47 Å². The minimum absolute atomic E-state index is 0.00640. The van der Waals surface area contributed by atoms with Gasteiger partial charge in [0.05, 0.1) is 38.4 Å². The lowest BCUT2D eigenvalue weighted by Gasteiger charge is -2.44. The van der Waals surface area contributed by atoms with E-state index >= 15 is 0 Å². The first-order valence-corrected chi connectivity index (χ1v) is 10.6. The molecule has 0 radical (unpaired) electrons. The molecule has 160 valence electrons. The monoisotopic (exact) mass is 419 g/mol. The van der Waals surface area contributed by atoms with Crippen LogP contribution >= 0.6 is 0 Å². The van der Waals surface area contributed by atoms with Crippen LogP contribution in [0.15, 0.2) is 42.7 Å². The SMILES string of the molecule is COc1ccc(-c2nnc3n2[C@H]2CCCC[C@H]2N(C(=O)c2cccnc2)C3)cc1OC. The fraction of sp³-hybridized carbons (Fsp3) is 0.391. The minimum Gasteiger partial charge on any atom is -0.493 e. The van der Waals surface area contributed by atoms with Crippen molar-refractivity contribution >= 4 is 5.91 Å². The fourth-order valence-electron chi connectivity index (χ4n) is 4.86. The number of fused-ring (bicyclic) bond motifs is 3. The van der Waals surface area contributed by atoms with Crippen molar-refractivity contribution < 1.29 is 14.3 Å². The minimum atomic E-state index is 0.00640. The third-order valence-corrected chi connectivity index (χ3v) is 6.32. The predicted molar refractivity (Wildman–Crippen MR) is 114 cm³/mol. The summed E-state index contributed by atoms with van der Waals surface area (Å²) in [7, 11) is 3.25. The average molecular weight is 419 g/mol. The highest BCUT2D eigenvalue weighted by Crippen LogP contribution is 2.41. The van der Waals surface area contributed by atoms with Gasteiger partial charge >= 0.3 is 0 Å². The van der Waals surface area contributed by atoms with Gasteiger partial charge in [-0.15, -0.1) is 10.2 Å². The molecule has 1 aromatic carbocycles. The van der Waals surface area contributed by atoms with Gasteiger partial charge in [-0.25, -0.2) is 0 Å². The molecule has 2 atom stereocenters. The molecule has 3 aromatic rings. The Morgan fingerprint density at radius 2 is 1.84 bits per heavy atom. The molecule has 8 heteroatoms. The Bertz CT molecular complexity index is 1100. The molecule has 1 fully saturated rings. The molecule has 8 nitrogen and oxygen atoms in total. The van der Waals surface area contributed by atoms with Crippen LogP contribution in [0.25, 0.3) is 11.4 Å². The molecular formula is C23H25N5O3. The second kappa shape index (κ2) is 8.02. The number of hydrogen-bond acceptors (Lipinski definition) is 6. The summed E-state index contributed by atoms with van der Waals surface area (Å²) in [4.78, 5) is 19.4. The Morgan fingerprint density at radius 3 is 2.58 bits per heavy atom. The molecule has 0 unspecified atom stereocenters. The first kappa shape index (κ1) is 19.5. The van der Waals surface area contributed by atoms with Crippen molar-refractivity contribution in [1.82, 2.24) is 24.6 Å². The van der Waals surface area contributed by atoms with E-state index in [-0.39, 0.29) is 18.0 Å². The van der Waals surface area contributed by atoms with Gasteiger partial charge < -0.3 is 18.9 Å². The molecule has 1 aliphatic heterocycles. The second-order valence-electron chi connectivity index (χ2n) is 7.97. The lowest BCUT2D eigenvalue weighted by Crippen LogP contribution is -2.50. The summed E-state index contributed by atoms with van der Waals surface area (Å²) >= 11 is 0. The number of amides is 1. The van der Waals surface area contributed by atoms with E-state index in [1.165, 1.54) is 0 Å². The summed E-state index contributed by atoms with van der Waals surface area (Å²) in [6.45, 7) is 0.440. The second-order valence-corrected chi connectivity index (χ2v) is 7.97. The van der Waals surface area contributed by atoms with Crippen LogP contribution in [0.3, 0.4) is 0 Å². The van der Waals surface area contributed by atoms with E-state index in [1.807, 2.05) is 29.2 Å². The highest BCUT2D eigenvalue weighted by Gasteiger charge is 2.41. The van der Waals surface area contributed by atoms with Crippen molar-refractivity contribution in [3.05, 3.63) is 54.1 Å². The van der Waals surface area contributed by atoms with E-state index < -0.39 is 0 Å². The van der Waals surface area contributed by atoms with Crippen LogP contribution in [0.4, 0.5) is 0 Å². The standard InChI is InChI=1S/C23H25N5O3/c1-30-19-10-9-15(12-20(19)31-2)22-26-25-21-14-27(23(29)16-6-5-11-24-13-16)17-7-3-4-8-18(17)28(21)22/h5-6,9-13,17-18H,3-4,7-8,14H2,1-2H3/t17-,18+/m1/s1. The number of pyridine rings is 1. The molecule has 0 N–H and O–H groups in total. The number of nitrogens with zero attached hydrogens (tertiary/aromatic N) is 5. The molecule has 2 aliphatic rings. The van der Waals surface area contributed by atoms with Crippen molar-refractivity contribution in [2.45, 2.75) is 44.3 Å². The fourth-order valence-corrected chi connectivity index (χ4v) is 4.86. The van der Waals surface area contributed by atoms with Crippen LogP contribution in [-0.4, -0.2) is 50.8 Å². The number of methoxy groups -OCH3 is 2. The van der Waals surface area contributed by atoms with E-state index in [0.29, 0.717) is 23.6 Å². The largest absolute Gasteiger partial charge is 0.493 e. The first-order valence-electron chi connectivity index (χ1n) is 10.6. The highest BCUT2D eigenvalue weighted by molar-refractivity contribution is 5.94. The Hall–Kier alpha value is -3.42. The van der Waals surface area contributed by atoms with Crippen LogP contribution in [0, 0.1) is 0 Å². The number of rotatable bonds is 4. The Morgan fingerprint density at radius 1 is 1.03 bits per heavy atom. The van der Waals surface area contributed by atoms with E-state index in [1.54, 1.807) is 32.7 Å².